The molecule has 0 atom stereocenters. The van der Waals surface area contributed by atoms with Gasteiger partial charge in [-0.05, 0) is 12.1 Å². The summed E-state index contributed by atoms with van der Waals surface area (Å²) < 4.78 is 17.3. The molecule has 3 heteroatoms. The fourth-order valence-corrected chi connectivity index (χ4v) is 0.845. The van der Waals surface area contributed by atoms with E-state index in [1.54, 1.807) is 12.1 Å². The standard InChI is InChI=1S/C7H6ClFO/c1-10-6-4-2-3-5(9)7(6)8/h2-4H,1H3. The average molecular weight is 161 g/mol. The van der Waals surface area contributed by atoms with Crippen LogP contribution in [-0.2, 0) is 0 Å². The first kappa shape index (κ1) is 7.35. The number of ether oxygens (including phenoxy) is 1. The summed E-state index contributed by atoms with van der Waals surface area (Å²) in [6.07, 6.45) is 0. The Bertz CT molecular complexity index is 237. The molecule has 1 nitrogen and oxygen atoms in total. The van der Waals surface area contributed by atoms with Crippen molar-refractivity contribution in [2.75, 3.05) is 7.11 Å². The highest BCUT2D eigenvalue weighted by molar-refractivity contribution is 6.32. The highest BCUT2D eigenvalue weighted by Gasteiger charge is 2.03. The molecule has 0 bridgehead atoms. The molecule has 0 saturated carbocycles. The molecule has 0 unspecified atom stereocenters. The van der Waals surface area contributed by atoms with Gasteiger partial charge in [-0.25, -0.2) is 4.39 Å². The van der Waals surface area contributed by atoms with E-state index < -0.39 is 5.82 Å². The molecule has 0 radical (unpaired) electrons. The van der Waals surface area contributed by atoms with E-state index in [0.29, 0.717) is 5.75 Å². The van der Waals surface area contributed by atoms with Crippen molar-refractivity contribution in [2.24, 2.45) is 0 Å². The number of hydrogen-bond donors (Lipinski definition) is 0. The molecule has 0 fully saturated rings. The molecule has 0 aromatic heterocycles. The Balaban J connectivity index is 3.14. The van der Waals surface area contributed by atoms with Crippen LogP contribution in [0.15, 0.2) is 18.2 Å². The molecule has 0 saturated heterocycles. The minimum absolute atomic E-state index is 0.0324. The van der Waals surface area contributed by atoms with Gasteiger partial charge in [0.1, 0.15) is 16.6 Å². The maximum atomic E-state index is 12.6. The Hall–Kier alpha value is -0.760. The van der Waals surface area contributed by atoms with Crippen LogP contribution in [0.25, 0.3) is 0 Å². The van der Waals surface area contributed by atoms with E-state index in [-0.39, 0.29) is 5.02 Å². The van der Waals surface area contributed by atoms with Crippen molar-refractivity contribution in [1.29, 1.82) is 0 Å². The quantitative estimate of drug-likeness (QED) is 0.613. The van der Waals surface area contributed by atoms with Gasteiger partial charge in [0.15, 0.2) is 0 Å². The lowest BCUT2D eigenvalue weighted by Crippen LogP contribution is -1.85. The van der Waals surface area contributed by atoms with Gasteiger partial charge in [-0.15, -0.1) is 0 Å². The zero-order chi connectivity index (χ0) is 7.56. The molecule has 0 spiro atoms. The van der Waals surface area contributed by atoms with Gasteiger partial charge in [-0.1, -0.05) is 17.7 Å². The third-order valence-electron chi connectivity index (χ3n) is 1.14. The van der Waals surface area contributed by atoms with Gasteiger partial charge < -0.3 is 4.74 Å². The predicted molar refractivity (Wildman–Crippen MR) is 38.0 cm³/mol. The van der Waals surface area contributed by atoms with Crippen LogP contribution in [0.1, 0.15) is 0 Å². The van der Waals surface area contributed by atoms with Crippen LogP contribution >= 0.6 is 11.6 Å². The van der Waals surface area contributed by atoms with Crippen LogP contribution in [0.3, 0.4) is 0 Å². The first-order valence-corrected chi connectivity index (χ1v) is 3.11. The molecule has 0 amide bonds. The second kappa shape index (κ2) is 2.88. The Kier molecular flexibility index (Phi) is 2.12. The van der Waals surface area contributed by atoms with E-state index in [1.165, 1.54) is 13.2 Å². The highest BCUT2D eigenvalue weighted by atomic mass is 35.5. The third-order valence-corrected chi connectivity index (χ3v) is 1.50. The summed E-state index contributed by atoms with van der Waals surface area (Å²) in [6.45, 7) is 0. The van der Waals surface area contributed by atoms with E-state index in [0.717, 1.165) is 0 Å². The van der Waals surface area contributed by atoms with Gasteiger partial charge in [0, 0.05) is 0 Å². The van der Waals surface area contributed by atoms with Gasteiger partial charge in [0.05, 0.1) is 7.11 Å². The number of halogens is 2. The molecule has 10 heavy (non-hydrogen) atoms. The summed E-state index contributed by atoms with van der Waals surface area (Å²) >= 11 is 5.49. The van der Waals surface area contributed by atoms with Gasteiger partial charge in [0.2, 0.25) is 0 Å². The summed E-state index contributed by atoms with van der Waals surface area (Å²) in [5, 5.41) is 0.0324. The molecule has 0 aliphatic carbocycles. The number of hydrogen-bond acceptors (Lipinski definition) is 1. The molecular formula is C7H6ClFO. The number of rotatable bonds is 1. The second-order valence-corrected chi connectivity index (χ2v) is 2.13. The topological polar surface area (TPSA) is 9.23 Å². The van der Waals surface area contributed by atoms with Crippen molar-refractivity contribution in [3.8, 4) is 5.75 Å². The van der Waals surface area contributed by atoms with E-state index in [2.05, 4.69) is 0 Å². The van der Waals surface area contributed by atoms with Crippen LogP contribution in [-0.4, -0.2) is 7.11 Å². The fourth-order valence-electron chi connectivity index (χ4n) is 0.642. The van der Waals surface area contributed by atoms with Crippen LogP contribution in [0.4, 0.5) is 4.39 Å². The Morgan fingerprint density at radius 2 is 2.20 bits per heavy atom. The Morgan fingerprint density at radius 1 is 1.50 bits per heavy atom. The van der Waals surface area contributed by atoms with E-state index in [4.69, 9.17) is 16.3 Å². The zero-order valence-corrected chi connectivity index (χ0v) is 6.15. The van der Waals surface area contributed by atoms with Crippen LogP contribution < -0.4 is 4.74 Å². The largest absolute Gasteiger partial charge is 0.495 e. The van der Waals surface area contributed by atoms with Crippen molar-refractivity contribution >= 4 is 11.6 Å². The smallest absolute Gasteiger partial charge is 0.145 e. The summed E-state index contributed by atoms with van der Waals surface area (Å²) in [7, 11) is 1.45. The molecule has 0 heterocycles. The van der Waals surface area contributed by atoms with Crippen LogP contribution in [0.2, 0.25) is 5.02 Å². The lowest BCUT2D eigenvalue weighted by Gasteiger charge is -2.00. The van der Waals surface area contributed by atoms with E-state index >= 15 is 0 Å². The predicted octanol–water partition coefficient (Wildman–Crippen LogP) is 2.49. The monoisotopic (exact) mass is 160 g/mol. The van der Waals surface area contributed by atoms with Gasteiger partial charge in [0.25, 0.3) is 0 Å². The summed E-state index contributed by atoms with van der Waals surface area (Å²) in [6, 6.07) is 4.43. The fraction of sp³-hybridized carbons (Fsp3) is 0.143. The molecule has 0 aliphatic rings. The zero-order valence-electron chi connectivity index (χ0n) is 5.40. The van der Waals surface area contributed by atoms with E-state index in [9.17, 15) is 4.39 Å². The summed E-state index contributed by atoms with van der Waals surface area (Å²) in [5.41, 5.74) is 0. The lowest BCUT2D eigenvalue weighted by atomic mass is 10.3. The van der Waals surface area contributed by atoms with Crippen molar-refractivity contribution < 1.29 is 9.13 Å². The first-order chi connectivity index (χ1) is 4.75. The minimum Gasteiger partial charge on any atom is -0.495 e. The van der Waals surface area contributed by atoms with Crippen molar-refractivity contribution in [3.05, 3.63) is 29.0 Å². The maximum Gasteiger partial charge on any atom is 0.145 e. The first-order valence-electron chi connectivity index (χ1n) is 2.73. The molecular weight excluding hydrogens is 155 g/mol. The lowest BCUT2D eigenvalue weighted by molar-refractivity contribution is 0.411. The SMILES string of the molecule is COc1cccc(F)c1Cl. The molecule has 54 valence electrons. The molecule has 1 aromatic rings. The Labute approximate surface area is 63.4 Å². The minimum atomic E-state index is -0.457. The molecule has 1 rings (SSSR count). The highest BCUT2D eigenvalue weighted by Crippen LogP contribution is 2.25. The van der Waals surface area contributed by atoms with E-state index in [1.807, 2.05) is 0 Å². The Morgan fingerprint density at radius 3 is 2.70 bits per heavy atom. The van der Waals surface area contributed by atoms with Crippen molar-refractivity contribution in [1.82, 2.24) is 0 Å². The number of methoxy groups -OCH3 is 1. The van der Waals surface area contributed by atoms with Crippen LogP contribution in [0.5, 0.6) is 5.75 Å². The molecule has 0 N–H and O–H groups in total. The summed E-state index contributed by atoms with van der Waals surface area (Å²) in [4.78, 5) is 0. The van der Waals surface area contributed by atoms with Gasteiger partial charge >= 0.3 is 0 Å². The molecule has 1 aromatic carbocycles. The molecule has 0 aliphatic heterocycles. The average Bonchev–Trinajstić information content (AvgIpc) is 1.95. The maximum absolute atomic E-state index is 12.6. The van der Waals surface area contributed by atoms with Gasteiger partial charge in [-0.3, -0.25) is 0 Å². The van der Waals surface area contributed by atoms with Gasteiger partial charge in [-0.2, -0.15) is 0 Å². The normalized spacial score (nSPS) is 9.50. The van der Waals surface area contributed by atoms with Crippen molar-refractivity contribution in [2.45, 2.75) is 0 Å². The number of benzene rings is 1. The van der Waals surface area contributed by atoms with Crippen molar-refractivity contribution in [3.63, 3.8) is 0 Å². The second-order valence-electron chi connectivity index (χ2n) is 1.76. The third kappa shape index (κ3) is 1.21. The summed E-state index contributed by atoms with van der Waals surface area (Å²) in [5.74, 6) is -0.0947. The van der Waals surface area contributed by atoms with Crippen LogP contribution in [0, 0.1) is 5.82 Å².